The summed E-state index contributed by atoms with van der Waals surface area (Å²) in [6.45, 7) is 9.96. The minimum atomic E-state index is 0.293. The number of halogens is 1. The molecule has 38 heavy (non-hydrogen) atoms. The van der Waals surface area contributed by atoms with Gasteiger partial charge >= 0.3 is 0 Å². The summed E-state index contributed by atoms with van der Waals surface area (Å²) in [7, 11) is 1.91. The molecule has 3 aromatic rings. The maximum absolute atomic E-state index is 8.14. The molecule has 10 heteroatoms. The Morgan fingerprint density at radius 1 is 1.13 bits per heavy atom. The number of H-pyrrole nitrogens is 1. The second-order valence-electron chi connectivity index (χ2n) is 10.1. The molecule has 202 valence electrons. The molecule has 0 radical (unpaired) electrons. The molecule has 5 rings (SSSR count). The average molecular weight is 537 g/mol. The molecule has 2 aliphatic heterocycles. The highest BCUT2D eigenvalue weighted by molar-refractivity contribution is 6.34. The number of aromatic nitrogens is 3. The van der Waals surface area contributed by atoms with Crippen LogP contribution >= 0.6 is 11.6 Å². The van der Waals surface area contributed by atoms with Crippen LogP contribution in [0.1, 0.15) is 26.7 Å². The van der Waals surface area contributed by atoms with E-state index >= 15 is 0 Å². The molecule has 0 saturated carbocycles. The Bertz CT molecular complexity index is 1300. The zero-order valence-corrected chi connectivity index (χ0v) is 23.2. The van der Waals surface area contributed by atoms with Gasteiger partial charge in [0.05, 0.1) is 30.1 Å². The lowest BCUT2D eigenvalue weighted by Gasteiger charge is -2.33. The molecular formula is C28H37ClN8O. The SMILES string of the molecule is CN/C(C)=C(/CN1CCC(Nc2c(Cl)cnc3[nH]c(-c4ccc(N5CCOCC5)cc4)nc23)CC1)C(C)=N. The van der Waals surface area contributed by atoms with Crippen LogP contribution in [-0.2, 0) is 4.74 Å². The topological polar surface area (TPSA) is 105 Å². The summed E-state index contributed by atoms with van der Waals surface area (Å²) in [6, 6.07) is 8.77. The van der Waals surface area contributed by atoms with Crippen molar-refractivity contribution in [2.75, 3.05) is 63.2 Å². The predicted molar refractivity (Wildman–Crippen MR) is 156 cm³/mol. The smallest absolute Gasteiger partial charge is 0.159 e. The lowest BCUT2D eigenvalue weighted by Crippen LogP contribution is -2.41. The summed E-state index contributed by atoms with van der Waals surface area (Å²) in [6.07, 6.45) is 3.67. The van der Waals surface area contributed by atoms with Gasteiger partial charge in [-0.1, -0.05) is 11.6 Å². The number of pyridine rings is 1. The van der Waals surface area contributed by atoms with Gasteiger partial charge in [0.1, 0.15) is 11.3 Å². The highest BCUT2D eigenvalue weighted by atomic mass is 35.5. The van der Waals surface area contributed by atoms with Gasteiger partial charge in [-0.3, -0.25) is 4.90 Å². The summed E-state index contributed by atoms with van der Waals surface area (Å²) in [5, 5.41) is 15.6. The molecule has 0 amide bonds. The quantitative estimate of drug-likeness (QED) is 0.314. The van der Waals surface area contributed by atoms with E-state index in [2.05, 4.69) is 54.7 Å². The van der Waals surface area contributed by atoms with E-state index in [1.807, 2.05) is 20.9 Å². The lowest BCUT2D eigenvalue weighted by atomic mass is 10.0. The molecule has 0 aliphatic carbocycles. The molecular weight excluding hydrogens is 500 g/mol. The third-order valence-corrected chi connectivity index (χ3v) is 7.87. The van der Waals surface area contributed by atoms with Gasteiger partial charge in [0.25, 0.3) is 0 Å². The minimum Gasteiger partial charge on any atom is -0.391 e. The Hall–Kier alpha value is -3.14. The number of ether oxygens (including phenoxy) is 1. The molecule has 4 N–H and O–H groups in total. The number of hydrogen-bond donors (Lipinski definition) is 4. The van der Waals surface area contributed by atoms with E-state index in [4.69, 9.17) is 26.7 Å². The van der Waals surface area contributed by atoms with Crippen molar-refractivity contribution < 1.29 is 4.74 Å². The molecule has 2 aromatic heterocycles. The van der Waals surface area contributed by atoms with Crippen molar-refractivity contribution in [1.29, 1.82) is 5.41 Å². The Kier molecular flexibility index (Phi) is 8.16. The number of anilines is 2. The molecule has 0 atom stereocenters. The van der Waals surface area contributed by atoms with E-state index in [0.717, 1.165) is 98.3 Å². The minimum absolute atomic E-state index is 0.293. The zero-order valence-electron chi connectivity index (χ0n) is 22.4. The Morgan fingerprint density at radius 3 is 2.50 bits per heavy atom. The maximum Gasteiger partial charge on any atom is 0.159 e. The number of aromatic amines is 1. The number of allylic oxidation sites excluding steroid dienone is 1. The number of imidazole rings is 1. The summed E-state index contributed by atoms with van der Waals surface area (Å²) in [4.78, 5) is 17.6. The largest absolute Gasteiger partial charge is 0.391 e. The number of hydrogen-bond acceptors (Lipinski definition) is 8. The Morgan fingerprint density at radius 2 is 1.84 bits per heavy atom. The molecule has 0 spiro atoms. The van der Waals surface area contributed by atoms with E-state index in [9.17, 15) is 0 Å². The second-order valence-corrected chi connectivity index (χ2v) is 10.5. The fraction of sp³-hybridized carbons (Fsp3) is 0.464. The van der Waals surface area contributed by atoms with Gasteiger partial charge in [0, 0.05) is 74.0 Å². The van der Waals surface area contributed by atoms with E-state index < -0.39 is 0 Å². The summed E-state index contributed by atoms with van der Waals surface area (Å²) in [5.74, 6) is 0.780. The van der Waals surface area contributed by atoms with Crippen LogP contribution in [-0.4, -0.2) is 84.6 Å². The number of morpholine rings is 1. The van der Waals surface area contributed by atoms with Crippen LogP contribution in [0.5, 0.6) is 0 Å². The summed E-state index contributed by atoms with van der Waals surface area (Å²) in [5.41, 5.74) is 7.29. The van der Waals surface area contributed by atoms with Crippen molar-refractivity contribution in [2.24, 2.45) is 0 Å². The molecule has 0 unspecified atom stereocenters. The van der Waals surface area contributed by atoms with Gasteiger partial charge in [-0.05, 0) is 51.0 Å². The molecule has 0 bridgehead atoms. The van der Waals surface area contributed by atoms with Crippen molar-refractivity contribution in [1.82, 2.24) is 25.2 Å². The van der Waals surface area contributed by atoms with Gasteiger partial charge < -0.3 is 30.7 Å². The molecule has 2 saturated heterocycles. The first-order chi connectivity index (χ1) is 18.4. The van der Waals surface area contributed by atoms with Crippen LogP contribution in [0.3, 0.4) is 0 Å². The lowest BCUT2D eigenvalue weighted by molar-refractivity contribution is 0.122. The van der Waals surface area contributed by atoms with Crippen LogP contribution in [0.15, 0.2) is 41.7 Å². The fourth-order valence-corrected chi connectivity index (χ4v) is 5.38. The van der Waals surface area contributed by atoms with Gasteiger partial charge in [-0.25, -0.2) is 9.97 Å². The third-order valence-electron chi connectivity index (χ3n) is 7.58. The fourth-order valence-electron chi connectivity index (χ4n) is 5.19. The Balaban J connectivity index is 1.28. The number of nitrogens with one attached hydrogen (secondary N) is 4. The molecule has 9 nitrogen and oxygen atoms in total. The predicted octanol–water partition coefficient (Wildman–Crippen LogP) is 4.52. The van der Waals surface area contributed by atoms with Crippen molar-refractivity contribution in [2.45, 2.75) is 32.7 Å². The summed E-state index contributed by atoms with van der Waals surface area (Å²) >= 11 is 6.63. The van der Waals surface area contributed by atoms with E-state index in [0.29, 0.717) is 16.8 Å². The first-order valence-electron chi connectivity index (χ1n) is 13.3. The van der Waals surface area contributed by atoms with Crippen LogP contribution in [0.4, 0.5) is 11.4 Å². The van der Waals surface area contributed by atoms with Crippen LogP contribution in [0.25, 0.3) is 22.6 Å². The standard InChI is InChI=1S/C28H37ClN8O/c1-18(30)23(19(2)31-3)17-36-10-8-21(9-11-36)33-25-24(29)16-32-28-26(25)34-27(35-28)20-4-6-22(7-5-20)37-12-14-38-15-13-37/h4-7,16,21,30-31H,8-15,17H2,1-3H3,(H2,32,33,34,35)/b23-19-,30-18?. The number of likely N-dealkylation sites (tertiary alicyclic amines) is 1. The van der Waals surface area contributed by atoms with Crippen molar-refractivity contribution >= 4 is 39.9 Å². The average Bonchev–Trinajstić information content (AvgIpc) is 3.39. The van der Waals surface area contributed by atoms with Crippen molar-refractivity contribution in [3.05, 3.63) is 46.8 Å². The Labute approximate surface area is 229 Å². The van der Waals surface area contributed by atoms with Gasteiger partial charge in [-0.15, -0.1) is 0 Å². The van der Waals surface area contributed by atoms with Gasteiger partial charge in [-0.2, -0.15) is 0 Å². The van der Waals surface area contributed by atoms with Crippen molar-refractivity contribution in [3.8, 4) is 11.4 Å². The number of fused-ring (bicyclic) bond motifs is 1. The monoisotopic (exact) mass is 536 g/mol. The highest BCUT2D eigenvalue weighted by Crippen LogP contribution is 2.32. The highest BCUT2D eigenvalue weighted by Gasteiger charge is 2.23. The number of piperidine rings is 1. The first kappa shape index (κ1) is 26.5. The van der Waals surface area contributed by atoms with E-state index in [1.54, 1.807) is 6.20 Å². The molecule has 2 aliphatic rings. The molecule has 2 fully saturated rings. The zero-order chi connectivity index (χ0) is 26.6. The first-order valence-corrected chi connectivity index (χ1v) is 13.7. The van der Waals surface area contributed by atoms with Crippen LogP contribution in [0, 0.1) is 5.41 Å². The van der Waals surface area contributed by atoms with Crippen LogP contribution < -0.4 is 15.5 Å². The summed E-state index contributed by atoms with van der Waals surface area (Å²) < 4.78 is 5.47. The second kappa shape index (κ2) is 11.7. The van der Waals surface area contributed by atoms with Gasteiger partial charge in [0.15, 0.2) is 5.65 Å². The molecule has 4 heterocycles. The normalized spacial score (nSPS) is 17.9. The van der Waals surface area contributed by atoms with E-state index in [-0.39, 0.29) is 0 Å². The van der Waals surface area contributed by atoms with Crippen molar-refractivity contribution in [3.63, 3.8) is 0 Å². The number of rotatable bonds is 8. The number of nitrogens with zero attached hydrogens (tertiary/aromatic N) is 4. The van der Waals surface area contributed by atoms with E-state index in [1.165, 1.54) is 5.69 Å². The number of benzene rings is 1. The molecule has 1 aromatic carbocycles. The maximum atomic E-state index is 8.14. The van der Waals surface area contributed by atoms with Crippen LogP contribution in [0.2, 0.25) is 5.02 Å². The third kappa shape index (κ3) is 5.80. The van der Waals surface area contributed by atoms with Gasteiger partial charge in [0.2, 0.25) is 0 Å².